The molecule has 1 aromatic heterocycles. The highest BCUT2D eigenvalue weighted by Gasteiger charge is 2.14. The molecule has 0 aromatic carbocycles. The van der Waals surface area contributed by atoms with E-state index in [4.69, 9.17) is 4.74 Å². The first-order valence-electron chi connectivity index (χ1n) is 6.47. The molecule has 0 aliphatic rings. The first kappa shape index (κ1) is 15.9. The van der Waals surface area contributed by atoms with E-state index in [1.54, 1.807) is 19.4 Å². The zero-order valence-corrected chi connectivity index (χ0v) is 12.4. The molecule has 1 unspecified atom stereocenters. The van der Waals surface area contributed by atoms with Gasteiger partial charge in [0.25, 0.3) is 0 Å². The highest BCUT2D eigenvalue weighted by Crippen LogP contribution is 2.16. The number of ether oxygens (including phenoxy) is 1. The van der Waals surface area contributed by atoms with Crippen LogP contribution in [-0.2, 0) is 11.3 Å². The Hall–Kier alpha value is -1.20. The van der Waals surface area contributed by atoms with Gasteiger partial charge in [0.1, 0.15) is 0 Å². The van der Waals surface area contributed by atoms with Gasteiger partial charge in [0.15, 0.2) is 11.6 Å². The Morgan fingerprint density at radius 1 is 1.42 bits per heavy atom. The van der Waals surface area contributed by atoms with E-state index >= 15 is 0 Å². The Bertz CT molecular complexity index is 404. The Labute approximate surface area is 114 Å². The highest BCUT2D eigenvalue weighted by molar-refractivity contribution is 5.40. The van der Waals surface area contributed by atoms with Crippen LogP contribution in [0.5, 0.6) is 0 Å². The molecule has 0 radical (unpaired) electrons. The molecule has 0 aliphatic heterocycles. The number of aromatic nitrogens is 1. The topological polar surface area (TPSA) is 46.2 Å². The largest absolute Gasteiger partial charge is 0.383 e. The van der Waals surface area contributed by atoms with E-state index in [2.05, 4.69) is 15.6 Å². The molecule has 0 aliphatic carbocycles. The second-order valence-electron chi connectivity index (χ2n) is 5.74. The lowest BCUT2D eigenvalue weighted by Gasteiger charge is -2.21. The number of rotatable bonds is 6. The summed E-state index contributed by atoms with van der Waals surface area (Å²) in [4.78, 5) is 4.04. The predicted molar refractivity (Wildman–Crippen MR) is 75.7 cm³/mol. The van der Waals surface area contributed by atoms with Crippen molar-refractivity contribution < 1.29 is 9.13 Å². The number of hydrogen-bond acceptors (Lipinski definition) is 4. The molecular weight excluding hydrogens is 245 g/mol. The minimum absolute atomic E-state index is 0.0119. The molecule has 5 heteroatoms. The number of halogens is 1. The summed E-state index contributed by atoms with van der Waals surface area (Å²) < 4.78 is 19.3. The molecule has 0 saturated heterocycles. The molecule has 2 N–H and O–H groups in total. The summed E-state index contributed by atoms with van der Waals surface area (Å²) >= 11 is 0. The summed E-state index contributed by atoms with van der Waals surface area (Å²) in [5.74, 6) is -0.0278. The van der Waals surface area contributed by atoms with Gasteiger partial charge < -0.3 is 15.4 Å². The van der Waals surface area contributed by atoms with E-state index in [0.29, 0.717) is 18.7 Å². The Morgan fingerprint density at radius 2 is 2.11 bits per heavy atom. The van der Waals surface area contributed by atoms with Crippen molar-refractivity contribution in [3.8, 4) is 0 Å². The van der Waals surface area contributed by atoms with Crippen LogP contribution >= 0.6 is 0 Å². The Morgan fingerprint density at radius 3 is 2.68 bits per heavy atom. The van der Waals surface area contributed by atoms with Crippen molar-refractivity contribution in [1.82, 2.24) is 10.3 Å². The fourth-order valence-corrected chi connectivity index (χ4v) is 1.61. The van der Waals surface area contributed by atoms with E-state index in [1.165, 1.54) is 0 Å². The molecule has 1 rings (SSSR count). The van der Waals surface area contributed by atoms with Gasteiger partial charge in [-0.25, -0.2) is 9.37 Å². The lowest BCUT2D eigenvalue weighted by Crippen LogP contribution is -2.35. The van der Waals surface area contributed by atoms with Crippen LogP contribution < -0.4 is 10.6 Å². The van der Waals surface area contributed by atoms with Crippen LogP contribution in [0.2, 0.25) is 0 Å². The normalized spacial score (nSPS) is 13.4. The van der Waals surface area contributed by atoms with Crippen molar-refractivity contribution in [2.75, 3.05) is 19.0 Å². The molecule has 0 fully saturated rings. The fraction of sp³-hybridized carbons (Fsp3) is 0.643. The van der Waals surface area contributed by atoms with Gasteiger partial charge in [0.05, 0.1) is 6.61 Å². The molecule has 1 aromatic rings. The third-order valence-electron chi connectivity index (χ3n) is 2.58. The number of nitrogens with one attached hydrogen (secondary N) is 2. The van der Waals surface area contributed by atoms with Crippen LogP contribution in [0.15, 0.2) is 12.3 Å². The quantitative estimate of drug-likeness (QED) is 0.833. The van der Waals surface area contributed by atoms with Gasteiger partial charge in [-0.3, -0.25) is 0 Å². The molecule has 19 heavy (non-hydrogen) atoms. The highest BCUT2D eigenvalue weighted by atomic mass is 19.1. The summed E-state index contributed by atoms with van der Waals surface area (Å²) in [6.45, 7) is 9.05. The number of nitrogens with zero attached hydrogens (tertiary/aromatic N) is 1. The van der Waals surface area contributed by atoms with Crippen LogP contribution in [0.4, 0.5) is 10.2 Å². The molecule has 108 valence electrons. The molecule has 0 saturated carbocycles. The maximum Gasteiger partial charge on any atom is 0.169 e. The Kier molecular flexibility index (Phi) is 5.69. The summed E-state index contributed by atoms with van der Waals surface area (Å²) in [7, 11) is 1.62. The van der Waals surface area contributed by atoms with Crippen LogP contribution in [0.1, 0.15) is 33.3 Å². The maximum absolute atomic E-state index is 14.2. The average Bonchev–Trinajstić information content (AvgIpc) is 2.29. The van der Waals surface area contributed by atoms with Gasteiger partial charge in [0.2, 0.25) is 0 Å². The van der Waals surface area contributed by atoms with Gasteiger partial charge >= 0.3 is 0 Å². The first-order chi connectivity index (χ1) is 8.83. The molecular formula is C14H24FN3O. The van der Waals surface area contributed by atoms with E-state index in [9.17, 15) is 4.39 Å². The molecule has 1 heterocycles. The standard InChI is InChI=1S/C14H24FN3O/c1-10(9-19-5)18-13-12(15)11(6-7-16-13)8-17-14(2,3)4/h6-7,10,17H,8-9H2,1-5H3,(H,16,18). The zero-order chi connectivity index (χ0) is 14.5. The minimum Gasteiger partial charge on any atom is -0.383 e. The molecule has 4 nitrogen and oxygen atoms in total. The number of hydrogen-bond donors (Lipinski definition) is 2. The lowest BCUT2D eigenvalue weighted by molar-refractivity contribution is 0.190. The number of pyridine rings is 1. The number of anilines is 1. The van der Waals surface area contributed by atoms with Gasteiger partial charge in [-0.1, -0.05) is 0 Å². The molecule has 0 spiro atoms. The van der Waals surface area contributed by atoms with Crippen LogP contribution in [0.3, 0.4) is 0 Å². The summed E-state index contributed by atoms with van der Waals surface area (Å²) in [5.41, 5.74) is 0.559. The van der Waals surface area contributed by atoms with Crippen LogP contribution in [0.25, 0.3) is 0 Å². The fourth-order valence-electron chi connectivity index (χ4n) is 1.61. The summed E-state index contributed by atoms with van der Waals surface area (Å²) in [6, 6.07) is 1.71. The number of methoxy groups -OCH3 is 1. The van der Waals surface area contributed by atoms with Crippen molar-refractivity contribution in [3.63, 3.8) is 0 Å². The van der Waals surface area contributed by atoms with Crippen molar-refractivity contribution in [3.05, 3.63) is 23.6 Å². The van der Waals surface area contributed by atoms with E-state index < -0.39 is 0 Å². The SMILES string of the molecule is COCC(C)Nc1nccc(CNC(C)(C)C)c1F. The van der Waals surface area contributed by atoms with Crippen molar-refractivity contribution in [2.45, 2.75) is 45.8 Å². The average molecular weight is 269 g/mol. The van der Waals surface area contributed by atoms with Crippen molar-refractivity contribution >= 4 is 5.82 Å². The minimum atomic E-state index is -0.304. The van der Waals surface area contributed by atoms with Crippen LogP contribution in [0, 0.1) is 5.82 Å². The second-order valence-corrected chi connectivity index (χ2v) is 5.74. The van der Waals surface area contributed by atoms with Crippen LogP contribution in [-0.4, -0.2) is 30.3 Å². The molecule has 0 bridgehead atoms. The van der Waals surface area contributed by atoms with Crippen molar-refractivity contribution in [2.24, 2.45) is 0 Å². The third kappa shape index (κ3) is 5.53. The second kappa shape index (κ2) is 6.82. The monoisotopic (exact) mass is 269 g/mol. The van der Waals surface area contributed by atoms with E-state index in [0.717, 1.165) is 0 Å². The predicted octanol–water partition coefficient (Wildman–Crippen LogP) is 2.56. The molecule has 1 atom stereocenters. The summed E-state index contributed by atoms with van der Waals surface area (Å²) in [5, 5.41) is 6.27. The lowest BCUT2D eigenvalue weighted by atomic mass is 10.1. The van der Waals surface area contributed by atoms with Gasteiger partial charge in [-0.2, -0.15) is 0 Å². The van der Waals surface area contributed by atoms with Gasteiger partial charge in [-0.15, -0.1) is 0 Å². The van der Waals surface area contributed by atoms with Crippen molar-refractivity contribution in [1.29, 1.82) is 0 Å². The van der Waals surface area contributed by atoms with E-state index in [-0.39, 0.29) is 23.2 Å². The smallest absolute Gasteiger partial charge is 0.169 e. The van der Waals surface area contributed by atoms with Gasteiger partial charge in [0, 0.05) is 37.0 Å². The third-order valence-corrected chi connectivity index (χ3v) is 2.58. The zero-order valence-electron chi connectivity index (χ0n) is 12.4. The molecule has 0 amide bonds. The van der Waals surface area contributed by atoms with Gasteiger partial charge in [-0.05, 0) is 33.8 Å². The Balaban J connectivity index is 2.74. The maximum atomic E-state index is 14.2. The van der Waals surface area contributed by atoms with E-state index in [1.807, 2.05) is 27.7 Å². The first-order valence-corrected chi connectivity index (χ1v) is 6.47. The summed E-state index contributed by atoms with van der Waals surface area (Å²) in [6.07, 6.45) is 1.62.